The Morgan fingerprint density at radius 3 is 2.23 bits per heavy atom. The fourth-order valence-corrected chi connectivity index (χ4v) is 4.53. The van der Waals surface area contributed by atoms with Crippen LogP contribution in [0.3, 0.4) is 0 Å². The number of hydrogen-bond acceptors (Lipinski definition) is 5. The van der Waals surface area contributed by atoms with Gasteiger partial charge < -0.3 is 19.0 Å². The molecule has 8 heteroatoms. The quantitative estimate of drug-likeness (QED) is 0.376. The van der Waals surface area contributed by atoms with Crippen LogP contribution in [0.4, 0.5) is 4.39 Å². The van der Waals surface area contributed by atoms with Crippen molar-refractivity contribution in [1.29, 1.82) is 0 Å². The largest absolute Gasteiger partial charge is 0.467 e. The van der Waals surface area contributed by atoms with Gasteiger partial charge in [-0.15, -0.1) is 0 Å². The van der Waals surface area contributed by atoms with Gasteiger partial charge in [-0.1, -0.05) is 45.0 Å². The minimum Gasteiger partial charge on any atom is -0.467 e. The lowest BCUT2D eigenvalue weighted by Gasteiger charge is -2.31. The van der Waals surface area contributed by atoms with E-state index in [1.54, 1.807) is 34.3 Å². The average molecular weight is 536 g/mol. The number of hydrogen-bond donors (Lipinski definition) is 0. The van der Waals surface area contributed by atoms with Crippen molar-refractivity contribution < 1.29 is 23.1 Å². The summed E-state index contributed by atoms with van der Waals surface area (Å²) in [5, 5.41) is 0. The zero-order valence-electron chi connectivity index (χ0n) is 23.1. The summed E-state index contributed by atoms with van der Waals surface area (Å²) in [4.78, 5) is 32.9. The summed E-state index contributed by atoms with van der Waals surface area (Å²) in [5.41, 5.74) is 2.45. The van der Waals surface area contributed by atoms with E-state index in [1.165, 1.54) is 12.1 Å². The lowest BCUT2D eigenvalue weighted by Crippen LogP contribution is -2.47. The Morgan fingerprint density at radius 1 is 0.923 bits per heavy atom. The van der Waals surface area contributed by atoms with Crippen molar-refractivity contribution in [3.8, 4) is 0 Å². The van der Waals surface area contributed by atoms with Gasteiger partial charge in [0.2, 0.25) is 5.91 Å². The molecule has 2 aromatic carbocycles. The third kappa shape index (κ3) is 8.25. The van der Waals surface area contributed by atoms with Gasteiger partial charge in [-0.2, -0.15) is 0 Å². The van der Waals surface area contributed by atoms with E-state index in [1.807, 2.05) is 30.3 Å². The first-order valence-corrected chi connectivity index (χ1v) is 13.4. The molecule has 0 saturated carbocycles. The Bertz CT molecular complexity index is 1200. The van der Waals surface area contributed by atoms with Crippen LogP contribution in [0.2, 0.25) is 0 Å². The van der Waals surface area contributed by atoms with E-state index in [4.69, 9.17) is 9.15 Å². The van der Waals surface area contributed by atoms with Crippen LogP contribution in [0.1, 0.15) is 48.0 Å². The third-order valence-electron chi connectivity index (χ3n) is 6.97. The fraction of sp³-hybridized carbons (Fsp3) is 0.419. The van der Waals surface area contributed by atoms with Crippen molar-refractivity contribution in [2.45, 2.75) is 39.3 Å². The molecule has 2 amide bonds. The standard InChI is InChI=1S/C31H38FN3O4/c1-31(2,3)26-10-8-25(9-11-26)30(37)34(15-14-33-16-19-38-20-17-33)23-29(36)35(22-28-5-4-18-39-28)21-24-6-12-27(32)13-7-24/h4-13,18H,14-17,19-23H2,1-3H3. The molecule has 0 aliphatic carbocycles. The van der Waals surface area contributed by atoms with Gasteiger partial charge in [0.15, 0.2) is 0 Å². The van der Waals surface area contributed by atoms with Crippen LogP contribution < -0.4 is 0 Å². The second-order valence-corrected chi connectivity index (χ2v) is 11.0. The molecule has 3 aromatic rings. The molecule has 1 aliphatic rings. The molecule has 1 aromatic heterocycles. The molecule has 0 N–H and O–H groups in total. The first kappa shape index (κ1) is 28.5. The molecule has 4 rings (SSSR count). The molecular weight excluding hydrogens is 497 g/mol. The van der Waals surface area contributed by atoms with Crippen LogP contribution in [0.25, 0.3) is 0 Å². The predicted octanol–water partition coefficient (Wildman–Crippen LogP) is 4.72. The Hall–Kier alpha value is -3.49. The van der Waals surface area contributed by atoms with Gasteiger partial charge in [-0.3, -0.25) is 14.5 Å². The third-order valence-corrected chi connectivity index (χ3v) is 6.97. The zero-order valence-corrected chi connectivity index (χ0v) is 23.1. The Balaban J connectivity index is 1.53. The molecule has 0 spiro atoms. The minimum absolute atomic E-state index is 0.0275. The van der Waals surface area contributed by atoms with Gasteiger partial charge in [0.05, 0.1) is 26.0 Å². The smallest absolute Gasteiger partial charge is 0.254 e. The number of benzene rings is 2. The molecular formula is C31H38FN3O4. The Labute approximate surface area is 230 Å². The van der Waals surface area contributed by atoms with Gasteiger partial charge in [0, 0.05) is 38.3 Å². The van der Waals surface area contributed by atoms with E-state index in [2.05, 4.69) is 25.7 Å². The highest BCUT2D eigenvalue weighted by atomic mass is 19.1. The lowest BCUT2D eigenvalue weighted by molar-refractivity contribution is -0.133. The molecule has 208 valence electrons. The highest BCUT2D eigenvalue weighted by molar-refractivity contribution is 5.96. The fourth-order valence-electron chi connectivity index (χ4n) is 4.53. The Morgan fingerprint density at radius 2 is 1.62 bits per heavy atom. The monoisotopic (exact) mass is 535 g/mol. The van der Waals surface area contributed by atoms with Crippen LogP contribution in [0.15, 0.2) is 71.3 Å². The molecule has 2 heterocycles. The maximum atomic E-state index is 13.7. The maximum absolute atomic E-state index is 13.7. The van der Waals surface area contributed by atoms with Crippen molar-refractivity contribution in [2.24, 2.45) is 0 Å². The van der Waals surface area contributed by atoms with Crippen molar-refractivity contribution in [1.82, 2.24) is 14.7 Å². The number of amides is 2. The number of nitrogens with zero attached hydrogens (tertiary/aromatic N) is 3. The van der Waals surface area contributed by atoms with Gasteiger partial charge in [0.25, 0.3) is 5.91 Å². The maximum Gasteiger partial charge on any atom is 0.254 e. The van der Waals surface area contributed by atoms with E-state index in [-0.39, 0.29) is 42.7 Å². The average Bonchev–Trinajstić information content (AvgIpc) is 3.45. The summed E-state index contributed by atoms with van der Waals surface area (Å²) in [6, 6.07) is 17.3. The number of rotatable bonds is 10. The van der Waals surface area contributed by atoms with E-state index >= 15 is 0 Å². The second kappa shape index (κ2) is 13.0. The van der Waals surface area contributed by atoms with Crippen molar-refractivity contribution in [3.63, 3.8) is 0 Å². The SMILES string of the molecule is CC(C)(C)c1ccc(C(=O)N(CCN2CCOCC2)CC(=O)N(Cc2ccc(F)cc2)Cc2ccco2)cc1. The van der Waals surface area contributed by atoms with E-state index < -0.39 is 0 Å². The number of halogens is 1. The molecule has 1 fully saturated rings. The number of carbonyl (C=O) groups excluding carboxylic acids is 2. The molecule has 0 bridgehead atoms. The van der Waals surface area contributed by atoms with Crippen molar-refractivity contribution >= 4 is 11.8 Å². The highest BCUT2D eigenvalue weighted by Gasteiger charge is 2.25. The van der Waals surface area contributed by atoms with E-state index in [0.29, 0.717) is 37.6 Å². The number of ether oxygens (including phenoxy) is 1. The summed E-state index contributed by atoms with van der Waals surface area (Å²) in [6.45, 7) is 10.8. The second-order valence-electron chi connectivity index (χ2n) is 11.0. The zero-order chi connectivity index (χ0) is 27.8. The van der Waals surface area contributed by atoms with Gasteiger partial charge in [-0.25, -0.2) is 4.39 Å². The number of furan rings is 1. The van der Waals surface area contributed by atoms with Crippen molar-refractivity contribution in [3.05, 3.63) is 95.2 Å². The minimum atomic E-state index is -0.333. The van der Waals surface area contributed by atoms with Crippen molar-refractivity contribution in [2.75, 3.05) is 45.9 Å². The summed E-state index contributed by atoms with van der Waals surface area (Å²) in [7, 11) is 0. The normalized spacial score (nSPS) is 14.3. The van der Waals surface area contributed by atoms with Crippen LogP contribution in [0, 0.1) is 5.82 Å². The van der Waals surface area contributed by atoms with Gasteiger partial charge in [0.1, 0.15) is 18.1 Å². The molecule has 0 atom stereocenters. The molecule has 1 saturated heterocycles. The van der Waals surface area contributed by atoms with Crippen LogP contribution in [-0.2, 0) is 28.0 Å². The Kier molecular flexibility index (Phi) is 9.54. The van der Waals surface area contributed by atoms with E-state index in [0.717, 1.165) is 24.2 Å². The first-order valence-electron chi connectivity index (χ1n) is 13.4. The lowest BCUT2D eigenvalue weighted by atomic mass is 9.86. The number of morpholine rings is 1. The number of carbonyl (C=O) groups is 2. The highest BCUT2D eigenvalue weighted by Crippen LogP contribution is 2.23. The predicted molar refractivity (Wildman–Crippen MR) is 148 cm³/mol. The summed E-state index contributed by atoms with van der Waals surface area (Å²) in [6.07, 6.45) is 1.56. The molecule has 39 heavy (non-hydrogen) atoms. The summed E-state index contributed by atoms with van der Waals surface area (Å²) >= 11 is 0. The van der Waals surface area contributed by atoms with Gasteiger partial charge in [-0.05, 0) is 52.9 Å². The summed E-state index contributed by atoms with van der Waals surface area (Å²) in [5.74, 6) is -0.0939. The van der Waals surface area contributed by atoms with Gasteiger partial charge >= 0.3 is 0 Å². The molecule has 0 radical (unpaired) electrons. The topological polar surface area (TPSA) is 66.2 Å². The van der Waals surface area contributed by atoms with Crippen LogP contribution in [0.5, 0.6) is 0 Å². The molecule has 7 nitrogen and oxygen atoms in total. The van der Waals surface area contributed by atoms with E-state index in [9.17, 15) is 14.0 Å². The summed E-state index contributed by atoms with van der Waals surface area (Å²) < 4.78 is 24.4. The molecule has 0 unspecified atom stereocenters. The van der Waals surface area contributed by atoms with Crippen LogP contribution in [-0.4, -0.2) is 72.5 Å². The first-order chi connectivity index (χ1) is 18.7. The molecule has 1 aliphatic heterocycles. The van der Waals surface area contributed by atoms with Crippen LogP contribution >= 0.6 is 0 Å².